The lowest BCUT2D eigenvalue weighted by molar-refractivity contribution is 0.0692. The Morgan fingerprint density at radius 2 is 2.21 bits per heavy atom. The molecular weight excluding hydrogens is 249 g/mol. The van der Waals surface area contributed by atoms with Crippen LogP contribution in [0.2, 0.25) is 0 Å². The molecule has 0 radical (unpaired) electrons. The number of halogens is 1. The second kappa shape index (κ2) is 8.61. The van der Waals surface area contributed by atoms with E-state index in [9.17, 15) is 9.18 Å². The van der Waals surface area contributed by atoms with Crippen LogP contribution in [-0.2, 0) is 11.3 Å². The number of rotatable bonds is 9. The molecule has 0 bridgehead atoms. The first-order valence-corrected chi connectivity index (χ1v) is 6.45. The van der Waals surface area contributed by atoms with Gasteiger partial charge in [-0.25, -0.2) is 9.18 Å². The molecule has 1 rings (SSSR count). The van der Waals surface area contributed by atoms with Crippen molar-refractivity contribution in [3.63, 3.8) is 0 Å². The van der Waals surface area contributed by atoms with Crippen molar-refractivity contribution in [2.24, 2.45) is 0 Å². The molecule has 0 heterocycles. The topological polar surface area (TPSA) is 58.6 Å². The highest BCUT2D eigenvalue weighted by Crippen LogP contribution is 2.10. The summed E-state index contributed by atoms with van der Waals surface area (Å²) >= 11 is 0. The zero-order valence-electron chi connectivity index (χ0n) is 11.1. The monoisotopic (exact) mass is 269 g/mol. The van der Waals surface area contributed by atoms with Crippen LogP contribution in [0.5, 0.6) is 0 Å². The standard InChI is InChI=1S/C14H20FNO3/c1-2-3-7-19-8-6-16-10-11-4-5-12(14(17)18)13(15)9-11/h4-5,9,16H,2-3,6-8,10H2,1H3,(H,17,18). The lowest BCUT2D eigenvalue weighted by Crippen LogP contribution is -2.19. The number of nitrogens with one attached hydrogen (secondary N) is 1. The Morgan fingerprint density at radius 3 is 2.84 bits per heavy atom. The fourth-order valence-corrected chi connectivity index (χ4v) is 1.57. The van der Waals surface area contributed by atoms with Gasteiger partial charge in [0.05, 0.1) is 12.2 Å². The molecule has 0 saturated heterocycles. The van der Waals surface area contributed by atoms with E-state index in [0.717, 1.165) is 25.0 Å². The first-order valence-electron chi connectivity index (χ1n) is 6.45. The minimum atomic E-state index is -1.25. The van der Waals surface area contributed by atoms with E-state index in [1.165, 1.54) is 12.1 Å². The molecule has 0 aromatic heterocycles. The number of unbranched alkanes of at least 4 members (excludes halogenated alkanes) is 1. The third-order valence-electron chi connectivity index (χ3n) is 2.66. The Labute approximate surface area is 112 Å². The van der Waals surface area contributed by atoms with E-state index in [4.69, 9.17) is 9.84 Å². The number of carboxylic acid groups (broad SMARTS) is 1. The normalized spacial score (nSPS) is 10.6. The predicted molar refractivity (Wildman–Crippen MR) is 70.8 cm³/mol. The number of benzene rings is 1. The zero-order valence-corrected chi connectivity index (χ0v) is 11.1. The van der Waals surface area contributed by atoms with Gasteiger partial charge < -0.3 is 15.2 Å². The summed E-state index contributed by atoms with van der Waals surface area (Å²) in [7, 11) is 0. The average molecular weight is 269 g/mol. The molecular formula is C14H20FNO3. The van der Waals surface area contributed by atoms with Crippen LogP contribution in [0, 0.1) is 5.82 Å². The van der Waals surface area contributed by atoms with Gasteiger partial charge in [0.25, 0.3) is 0 Å². The molecule has 5 heteroatoms. The van der Waals surface area contributed by atoms with Crippen LogP contribution in [-0.4, -0.2) is 30.8 Å². The fourth-order valence-electron chi connectivity index (χ4n) is 1.57. The first-order chi connectivity index (χ1) is 9.15. The lowest BCUT2D eigenvalue weighted by Gasteiger charge is -2.07. The summed E-state index contributed by atoms with van der Waals surface area (Å²) in [4.78, 5) is 10.6. The van der Waals surface area contributed by atoms with Crippen LogP contribution >= 0.6 is 0 Å². The van der Waals surface area contributed by atoms with Gasteiger partial charge in [-0.05, 0) is 24.1 Å². The maximum atomic E-state index is 13.4. The number of ether oxygens (including phenoxy) is 1. The van der Waals surface area contributed by atoms with Crippen molar-refractivity contribution in [1.82, 2.24) is 5.32 Å². The van der Waals surface area contributed by atoms with Crippen molar-refractivity contribution in [3.8, 4) is 0 Å². The second-order valence-corrected chi connectivity index (χ2v) is 4.26. The minimum absolute atomic E-state index is 0.299. The van der Waals surface area contributed by atoms with Gasteiger partial charge in [-0.15, -0.1) is 0 Å². The van der Waals surface area contributed by atoms with E-state index in [1.807, 2.05) is 0 Å². The van der Waals surface area contributed by atoms with Gasteiger partial charge in [0.1, 0.15) is 5.82 Å². The molecule has 0 unspecified atom stereocenters. The molecule has 0 aliphatic carbocycles. The van der Waals surface area contributed by atoms with E-state index in [1.54, 1.807) is 6.07 Å². The minimum Gasteiger partial charge on any atom is -0.478 e. The lowest BCUT2D eigenvalue weighted by atomic mass is 10.1. The molecule has 19 heavy (non-hydrogen) atoms. The first kappa shape index (κ1) is 15.6. The Hall–Kier alpha value is -1.46. The summed E-state index contributed by atoms with van der Waals surface area (Å²) in [6, 6.07) is 4.14. The van der Waals surface area contributed by atoms with Crippen molar-refractivity contribution in [2.45, 2.75) is 26.3 Å². The Kier molecular flexibility index (Phi) is 7.07. The molecule has 106 valence electrons. The van der Waals surface area contributed by atoms with Gasteiger partial charge >= 0.3 is 5.97 Å². The van der Waals surface area contributed by atoms with Gasteiger partial charge in [-0.2, -0.15) is 0 Å². The molecule has 4 nitrogen and oxygen atoms in total. The molecule has 0 fully saturated rings. The van der Waals surface area contributed by atoms with Crippen LogP contribution in [0.3, 0.4) is 0 Å². The largest absolute Gasteiger partial charge is 0.478 e. The summed E-state index contributed by atoms with van der Waals surface area (Å²) in [5.41, 5.74) is 0.419. The summed E-state index contributed by atoms with van der Waals surface area (Å²) in [6.45, 7) is 4.67. The average Bonchev–Trinajstić information content (AvgIpc) is 2.37. The fraction of sp³-hybridized carbons (Fsp3) is 0.500. The van der Waals surface area contributed by atoms with Gasteiger partial charge in [-0.3, -0.25) is 0 Å². The van der Waals surface area contributed by atoms with E-state index in [2.05, 4.69) is 12.2 Å². The Bertz CT molecular complexity index is 410. The number of aromatic carboxylic acids is 1. The molecule has 1 aromatic rings. The zero-order chi connectivity index (χ0) is 14.1. The number of hydrogen-bond donors (Lipinski definition) is 2. The summed E-state index contributed by atoms with van der Waals surface area (Å²) in [6.07, 6.45) is 2.17. The molecule has 0 amide bonds. The van der Waals surface area contributed by atoms with Crippen molar-refractivity contribution in [1.29, 1.82) is 0 Å². The van der Waals surface area contributed by atoms with E-state index in [0.29, 0.717) is 19.7 Å². The van der Waals surface area contributed by atoms with Crippen LogP contribution in [0.4, 0.5) is 4.39 Å². The quantitative estimate of drug-likeness (QED) is 0.676. The molecule has 2 N–H and O–H groups in total. The van der Waals surface area contributed by atoms with Gasteiger partial charge in [-0.1, -0.05) is 19.4 Å². The highest BCUT2D eigenvalue weighted by molar-refractivity contribution is 5.87. The van der Waals surface area contributed by atoms with E-state index in [-0.39, 0.29) is 5.56 Å². The molecule has 0 spiro atoms. The number of hydrogen-bond acceptors (Lipinski definition) is 3. The van der Waals surface area contributed by atoms with E-state index >= 15 is 0 Å². The molecule has 0 aliphatic heterocycles. The Balaban J connectivity index is 2.26. The predicted octanol–water partition coefficient (Wildman–Crippen LogP) is 2.43. The molecule has 0 atom stereocenters. The van der Waals surface area contributed by atoms with Crippen LogP contribution in [0.1, 0.15) is 35.7 Å². The SMILES string of the molecule is CCCCOCCNCc1ccc(C(=O)O)c(F)c1. The summed E-state index contributed by atoms with van der Waals surface area (Å²) < 4.78 is 18.8. The highest BCUT2D eigenvalue weighted by atomic mass is 19.1. The van der Waals surface area contributed by atoms with Gasteiger partial charge in [0.2, 0.25) is 0 Å². The van der Waals surface area contributed by atoms with Crippen molar-refractivity contribution >= 4 is 5.97 Å². The molecule has 0 saturated carbocycles. The van der Waals surface area contributed by atoms with Gasteiger partial charge in [0.15, 0.2) is 0 Å². The maximum absolute atomic E-state index is 13.4. The highest BCUT2D eigenvalue weighted by Gasteiger charge is 2.09. The van der Waals surface area contributed by atoms with Crippen molar-refractivity contribution in [2.75, 3.05) is 19.8 Å². The van der Waals surface area contributed by atoms with Crippen molar-refractivity contribution in [3.05, 3.63) is 35.1 Å². The third kappa shape index (κ3) is 5.81. The van der Waals surface area contributed by atoms with E-state index < -0.39 is 11.8 Å². The second-order valence-electron chi connectivity index (χ2n) is 4.26. The molecule has 1 aromatic carbocycles. The van der Waals surface area contributed by atoms with Gasteiger partial charge in [0, 0.05) is 19.7 Å². The van der Waals surface area contributed by atoms with Crippen LogP contribution in [0.25, 0.3) is 0 Å². The Morgan fingerprint density at radius 1 is 1.42 bits per heavy atom. The molecule has 0 aliphatic rings. The summed E-state index contributed by atoms with van der Waals surface area (Å²) in [5.74, 6) is -1.95. The smallest absolute Gasteiger partial charge is 0.338 e. The van der Waals surface area contributed by atoms with Crippen LogP contribution in [0.15, 0.2) is 18.2 Å². The van der Waals surface area contributed by atoms with Crippen LogP contribution < -0.4 is 5.32 Å². The van der Waals surface area contributed by atoms with Crippen molar-refractivity contribution < 1.29 is 19.0 Å². The number of carbonyl (C=O) groups is 1. The number of carboxylic acids is 1. The third-order valence-corrected chi connectivity index (χ3v) is 2.66. The maximum Gasteiger partial charge on any atom is 0.338 e. The summed E-state index contributed by atoms with van der Waals surface area (Å²) in [5, 5.41) is 11.8.